The molecular weight excluding hydrogens is 238 g/mol. The first kappa shape index (κ1) is 15.5. The molecule has 106 valence electrons. The van der Waals surface area contributed by atoms with E-state index in [1.54, 1.807) is 0 Å². The maximum atomic E-state index is 10.8. The summed E-state index contributed by atoms with van der Waals surface area (Å²) in [5.74, 6) is -0.152. The fourth-order valence-electron chi connectivity index (χ4n) is 2.27. The van der Waals surface area contributed by atoms with Gasteiger partial charge in [0.25, 0.3) is 0 Å². The number of hydrogen-bond acceptors (Lipinski definition) is 2. The normalized spacial score (nSPS) is 12.2. The summed E-state index contributed by atoms with van der Waals surface area (Å²) in [5, 5.41) is 8.86. The van der Waals surface area contributed by atoms with Crippen molar-refractivity contribution < 1.29 is 9.90 Å². The summed E-state index contributed by atoms with van der Waals surface area (Å²) in [6.07, 6.45) is 2.53. The van der Waals surface area contributed by atoms with E-state index in [-0.39, 0.29) is 6.42 Å². The van der Waals surface area contributed by atoms with Gasteiger partial charge in [-0.25, -0.2) is 0 Å². The van der Waals surface area contributed by atoms with Crippen LogP contribution in [0.15, 0.2) is 24.3 Å². The quantitative estimate of drug-likeness (QED) is 0.777. The van der Waals surface area contributed by atoms with Crippen LogP contribution in [0.4, 0.5) is 5.69 Å². The topological polar surface area (TPSA) is 40.5 Å². The average Bonchev–Trinajstić information content (AvgIpc) is 2.35. The minimum atomic E-state index is -0.736. The van der Waals surface area contributed by atoms with Crippen LogP contribution in [-0.2, 0) is 4.79 Å². The van der Waals surface area contributed by atoms with Gasteiger partial charge in [0.15, 0.2) is 0 Å². The van der Waals surface area contributed by atoms with Crippen molar-refractivity contribution in [3.05, 3.63) is 29.8 Å². The van der Waals surface area contributed by atoms with Gasteiger partial charge >= 0.3 is 5.97 Å². The molecule has 3 nitrogen and oxygen atoms in total. The summed E-state index contributed by atoms with van der Waals surface area (Å²) in [4.78, 5) is 13.0. The van der Waals surface area contributed by atoms with Gasteiger partial charge in [-0.1, -0.05) is 38.0 Å². The van der Waals surface area contributed by atoms with Crippen LogP contribution in [0.1, 0.15) is 38.7 Å². The zero-order valence-electron chi connectivity index (χ0n) is 12.2. The first-order valence-corrected chi connectivity index (χ1v) is 7.06. The Hall–Kier alpha value is -1.51. The average molecular weight is 263 g/mol. The molecule has 0 radical (unpaired) electrons. The maximum Gasteiger partial charge on any atom is 0.305 e. The fourth-order valence-corrected chi connectivity index (χ4v) is 2.27. The molecule has 1 aromatic carbocycles. The number of carboxylic acids is 1. The van der Waals surface area contributed by atoms with Gasteiger partial charge in [0.2, 0.25) is 0 Å². The number of rotatable bonds is 8. The van der Waals surface area contributed by atoms with Crippen molar-refractivity contribution in [1.82, 2.24) is 0 Å². The van der Waals surface area contributed by atoms with Crippen LogP contribution in [0.25, 0.3) is 0 Å². The van der Waals surface area contributed by atoms with E-state index in [9.17, 15) is 4.79 Å². The summed E-state index contributed by atoms with van der Waals surface area (Å²) < 4.78 is 0. The van der Waals surface area contributed by atoms with E-state index in [1.807, 2.05) is 0 Å². The van der Waals surface area contributed by atoms with Gasteiger partial charge < -0.3 is 10.0 Å². The van der Waals surface area contributed by atoms with E-state index in [1.165, 1.54) is 18.4 Å². The van der Waals surface area contributed by atoms with Crippen LogP contribution in [0.3, 0.4) is 0 Å². The van der Waals surface area contributed by atoms with Gasteiger partial charge in [0.1, 0.15) is 0 Å². The lowest BCUT2D eigenvalue weighted by atomic mass is 10.0. The molecule has 0 aliphatic rings. The van der Waals surface area contributed by atoms with Gasteiger partial charge in [-0.15, -0.1) is 0 Å². The van der Waals surface area contributed by atoms with Crippen molar-refractivity contribution in [3.8, 4) is 0 Å². The smallest absolute Gasteiger partial charge is 0.305 e. The van der Waals surface area contributed by atoms with E-state index in [2.05, 4.69) is 49.9 Å². The van der Waals surface area contributed by atoms with E-state index < -0.39 is 5.97 Å². The zero-order chi connectivity index (χ0) is 14.3. The third kappa shape index (κ3) is 5.77. The van der Waals surface area contributed by atoms with Crippen molar-refractivity contribution >= 4 is 11.7 Å². The summed E-state index contributed by atoms with van der Waals surface area (Å²) in [5.41, 5.74) is 2.35. The summed E-state index contributed by atoms with van der Waals surface area (Å²) in [6, 6.07) is 8.31. The fraction of sp³-hybridized carbons (Fsp3) is 0.562. The molecule has 0 heterocycles. The van der Waals surface area contributed by atoms with Crippen molar-refractivity contribution in [2.24, 2.45) is 5.92 Å². The minimum absolute atomic E-state index is 0.187. The van der Waals surface area contributed by atoms with Crippen molar-refractivity contribution in [2.45, 2.75) is 40.0 Å². The number of carbonyl (C=O) groups is 1. The first-order valence-electron chi connectivity index (χ1n) is 7.06. The second kappa shape index (κ2) is 7.82. The number of carboxylic acid groups (broad SMARTS) is 1. The van der Waals surface area contributed by atoms with Crippen LogP contribution < -0.4 is 4.90 Å². The molecule has 1 aromatic rings. The lowest BCUT2D eigenvalue weighted by Crippen LogP contribution is -2.30. The Bertz CT molecular complexity index is 386. The number of anilines is 1. The second-order valence-corrected chi connectivity index (χ2v) is 5.32. The van der Waals surface area contributed by atoms with E-state index in [4.69, 9.17) is 5.11 Å². The summed E-state index contributed by atoms with van der Waals surface area (Å²) >= 11 is 0. The molecule has 0 bridgehead atoms. The van der Waals surface area contributed by atoms with Crippen LogP contribution in [0.5, 0.6) is 0 Å². The molecule has 0 aliphatic heterocycles. The molecule has 1 rings (SSSR count). The molecule has 1 atom stereocenters. The molecular formula is C16H25NO2. The highest BCUT2D eigenvalue weighted by atomic mass is 16.4. The van der Waals surface area contributed by atoms with Crippen LogP contribution in [0, 0.1) is 12.8 Å². The van der Waals surface area contributed by atoms with E-state index in [0.717, 1.165) is 12.2 Å². The number of aliphatic carboxylic acids is 1. The largest absolute Gasteiger partial charge is 0.481 e. The van der Waals surface area contributed by atoms with Gasteiger partial charge in [-0.3, -0.25) is 4.79 Å². The van der Waals surface area contributed by atoms with E-state index >= 15 is 0 Å². The molecule has 0 saturated carbocycles. The van der Waals surface area contributed by atoms with Gasteiger partial charge in [-0.2, -0.15) is 0 Å². The SMILES string of the molecule is CCCC(C)CN(CCC(=O)O)c1ccc(C)cc1. The van der Waals surface area contributed by atoms with E-state index in [0.29, 0.717) is 12.5 Å². The Labute approximate surface area is 116 Å². The molecule has 0 aliphatic carbocycles. The lowest BCUT2D eigenvalue weighted by molar-refractivity contribution is -0.136. The van der Waals surface area contributed by atoms with Crippen LogP contribution >= 0.6 is 0 Å². The third-order valence-electron chi connectivity index (χ3n) is 3.31. The second-order valence-electron chi connectivity index (χ2n) is 5.32. The Balaban J connectivity index is 2.72. The predicted molar refractivity (Wildman–Crippen MR) is 79.7 cm³/mol. The molecule has 0 spiro atoms. The maximum absolute atomic E-state index is 10.8. The van der Waals surface area contributed by atoms with Crippen LogP contribution in [0.2, 0.25) is 0 Å². The Morgan fingerprint density at radius 1 is 1.32 bits per heavy atom. The highest BCUT2D eigenvalue weighted by Crippen LogP contribution is 2.18. The van der Waals surface area contributed by atoms with Crippen molar-refractivity contribution in [3.63, 3.8) is 0 Å². The number of hydrogen-bond donors (Lipinski definition) is 1. The molecule has 0 aromatic heterocycles. The summed E-state index contributed by atoms with van der Waals surface area (Å²) in [7, 11) is 0. The van der Waals surface area contributed by atoms with Gasteiger partial charge in [0.05, 0.1) is 6.42 Å². The predicted octanol–water partition coefficient (Wildman–Crippen LogP) is 3.71. The van der Waals surface area contributed by atoms with Crippen molar-refractivity contribution in [1.29, 1.82) is 0 Å². The standard InChI is InChI=1S/C16H25NO2/c1-4-5-14(3)12-17(11-10-16(18)19)15-8-6-13(2)7-9-15/h6-9,14H,4-5,10-12H2,1-3H3,(H,18,19). The Morgan fingerprint density at radius 2 is 1.95 bits per heavy atom. The van der Waals surface area contributed by atoms with Gasteiger partial charge in [0, 0.05) is 18.8 Å². The molecule has 1 unspecified atom stereocenters. The monoisotopic (exact) mass is 263 g/mol. The zero-order valence-corrected chi connectivity index (χ0v) is 12.2. The molecule has 19 heavy (non-hydrogen) atoms. The summed E-state index contributed by atoms with van der Waals surface area (Å²) in [6.45, 7) is 7.97. The Morgan fingerprint density at radius 3 is 2.47 bits per heavy atom. The molecule has 1 N–H and O–H groups in total. The van der Waals surface area contributed by atoms with Crippen LogP contribution in [-0.4, -0.2) is 24.2 Å². The molecule has 0 amide bonds. The highest BCUT2D eigenvalue weighted by molar-refractivity contribution is 5.67. The number of nitrogens with zero attached hydrogens (tertiary/aromatic N) is 1. The van der Waals surface area contributed by atoms with Crippen molar-refractivity contribution in [2.75, 3.05) is 18.0 Å². The third-order valence-corrected chi connectivity index (χ3v) is 3.31. The first-order chi connectivity index (χ1) is 9.02. The minimum Gasteiger partial charge on any atom is -0.481 e. The Kier molecular flexibility index (Phi) is 6.40. The number of benzene rings is 1. The highest BCUT2D eigenvalue weighted by Gasteiger charge is 2.12. The molecule has 0 fully saturated rings. The number of aryl methyl sites for hydroxylation is 1. The lowest BCUT2D eigenvalue weighted by Gasteiger charge is -2.27. The molecule has 0 saturated heterocycles. The molecule has 3 heteroatoms. The van der Waals surface area contributed by atoms with Gasteiger partial charge in [-0.05, 0) is 31.4 Å².